The number of hydrogen-bond donors (Lipinski definition) is 1. The zero-order chi connectivity index (χ0) is 11.9. The van der Waals surface area contributed by atoms with E-state index in [4.69, 9.17) is 5.26 Å². The summed E-state index contributed by atoms with van der Waals surface area (Å²) in [7, 11) is 0. The molecule has 0 radical (unpaired) electrons. The second-order valence-corrected chi connectivity index (χ2v) is 4.43. The van der Waals surface area contributed by atoms with E-state index in [-0.39, 0.29) is 6.04 Å². The smallest absolute Gasteiger partial charge is 0.0641 e. The molecule has 1 heterocycles. The van der Waals surface area contributed by atoms with Gasteiger partial charge in [0.1, 0.15) is 0 Å². The van der Waals surface area contributed by atoms with Gasteiger partial charge < -0.3 is 5.32 Å². The van der Waals surface area contributed by atoms with Crippen molar-refractivity contribution < 1.29 is 0 Å². The summed E-state index contributed by atoms with van der Waals surface area (Å²) in [6, 6.07) is 13.0. The van der Waals surface area contributed by atoms with Gasteiger partial charge >= 0.3 is 0 Å². The van der Waals surface area contributed by atoms with Gasteiger partial charge in [-0.25, -0.2) is 0 Å². The molecule has 3 heteroatoms. The predicted molar refractivity (Wildman–Crippen MR) is 68.5 cm³/mol. The van der Waals surface area contributed by atoms with Gasteiger partial charge in [-0.1, -0.05) is 30.3 Å². The summed E-state index contributed by atoms with van der Waals surface area (Å²) in [6.07, 6.45) is 1.73. The van der Waals surface area contributed by atoms with Crippen LogP contribution >= 0.6 is 0 Å². The van der Waals surface area contributed by atoms with Gasteiger partial charge in [-0.15, -0.1) is 0 Å². The van der Waals surface area contributed by atoms with E-state index in [2.05, 4.69) is 40.6 Å². The molecule has 1 atom stereocenters. The predicted octanol–water partition coefficient (Wildman–Crippen LogP) is 1.94. The van der Waals surface area contributed by atoms with Crippen LogP contribution in [-0.4, -0.2) is 31.1 Å². The maximum absolute atomic E-state index is 9.01. The summed E-state index contributed by atoms with van der Waals surface area (Å²) in [5.74, 6) is 0. The van der Waals surface area contributed by atoms with Gasteiger partial charge in [0.2, 0.25) is 0 Å². The first-order chi connectivity index (χ1) is 8.42. The maximum Gasteiger partial charge on any atom is 0.0641 e. The Morgan fingerprint density at radius 2 is 2.06 bits per heavy atom. The molecule has 1 unspecified atom stereocenters. The van der Waals surface area contributed by atoms with Crippen LogP contribution in [0.2, 0.25) is 0 Å². The molecule has 0 bridgehead atoms. The summed E-state index contributed by atoms with van der Waals surface area (Å²) >= 11 is 0. The molecule has 1 N–H and O–H groups in total. The highest BCUT2D eigenvalue weighted by Gasteiger charge is 2.20. The first-order valence-electron chi connectivity index (χ1n) is 6.28. The number of rotatable bonds is 3. The highest BCUT2D eigenvalue weighted by Crippen LogP contribution is 2.24. The second-order valence-electron chi connectivity index (χ2n) is 4.43. The molecule has 0 saturated carbocycles. The zero-order valence-electron chi connectivity index (χ0n) is 10.1. The molecule has 1 saturated heterocycles. The zero-order valence-corrected chi connectivity index (χ0v) is 10.1. The highest BCUT2D eigenvalue weighted by atomic mass is 15.2. The van der Waals surface area contributed by atoms with Crippen molar-refractivity contribution in [3.8, 4) is 6.07 Å². The van der Waals surface area contributed by atoms with Crippen molar-refractivity contribution in [3.05, 3.63) is 35.9 Å². The standard InChI is InChI=1S/C14H19N3/c15-8-7-14(13-5-2-1-3-6-13)17-11-4-9-16-10-12-17/h1-3,5-6,14,16H,4,7,9-12H2. The third-order valence-electron chi connectivity index (χ3n) is 3.28. The van der Waals surface area contributed by atoms with Crippen LogP contribution in [0.5, 0.6) is 0 Å². The average Bonchev–Trinajstić information content (AvgIpc) is 2.66. The molecule has 3 nitrogen and oxygen atoms in total. The van der Waals surface area contributed by atoms with Crippen LogP contribution in [0.25, 0.3) is 0 Å². The van der Waals surface area contributed by atoms with Crippen LogP contribution in [0, 0.1) is 11.3 Å². The molecule has 0 aliphatic carbocycles. The molecule has 1 aliphatic rings. The molecule has 1 fully saturated rings. The summed E-state index contributed by atoms with van der Waals surface area (Å²) < 4.78 is 0. The normalized spacial score (nSPS) is 19.2. The van der Waals surface area contributed by atoms with Crippen LogP contribution in [-0.2, 0) is 0 Å². The fourth-order valence-electron chi connectivity index (χ4n) is 2.40. The fourth-order valence-corrected chi connectivity index (χ4v) is 2.40. The Kier molecular flexibility index (Phi) is 4.54. The van der Waals surface area contributed by atoms with Crippen molar-refractivity contribution in [3.63, 3.8) is 0 Å². The van der Waals surface area contributed by atoms with Crippen LogP contribution in [0.1, 0.15) is 24.4 Å². The van der Waals surface area contributed by atoms with E-state index in [1.165, 1.54) is 5.56 Å². The van der Waals surface area contributed by atoms with E-state index >= 15 is 0 Å². The Morgan fingerprint density at radius 1 is 1.24 bits per heavy atom. The van der Waals surface area contributed by atoms with E-state index in [1.54, 1.807) is 0 Å². The minimum atomic E-state index is 0.251. The fraction of sp³-hybridized carbons (Fsp3) is 0.500. The van der Waals surface area contributed by atoms with Crippen molar-refractivity contribution in [2.45, 2.75) is 18.9 Å². The summed E-state index contributed by atoms with van der Waals surface area (Å²) in [5, 5.41) is 12.4. The van der Waals surface area contributed by atoms with Crippen LogP contribution in [0.15, 0.2) is 30.3 Å². The van der Waals surface area contributed by atoms with Crippen molar-refractivity contribution in [1.29, 1.82) is 5.26 Å². The van der Waals surface area contributed by atoms with Crippen molar-refractivity contribution in [2.75, 3.05) is 26.2 Å². The van der Waals surface area contributed by atoms with Crippen molar-refractivity contribution in [2.24, 2.45) is 0 Å². The molecular formula is C14H19N3. The lowest BCUT2D eigenvalue weighted by Gasteiger charge is -2.29. The van der Waals surface area contributed by atoms with Gasteiger partial charge in [0.05, 0.1) is 12.5 Å². The van der Waals surface area contributed by atoms with Crippen LogP contribution in [0.4, 0.5) is 0 Å². The van der Waals surface area contributed by atoms with E-state index < -0.39 is 0 Å². The molecule has 1 aliphatic heterocycles. The number of nitrogens with one attached hydrogen (secondary N) is 1. The third kappa shape index (κ3) is 3.29. The summed E-state index contributed by atoms with van der Waals surface area (Å²) in [4.78, 5) is 2.43. The van der Waals surface area contributed by atoms with E-state index in [9.17, 15) is 0 Å². The van der Waals surface area contributed by atoms with Gasteiger partial charge in [-0.2, -0.15) is 5.26 Å². The first-order valence-corrected chi connectivity index (χ1v) is 6.28. The summed E-state index contributed by atoms with van der Waals surface area (Å²) in [5.41, 5.74) is 1.26. The molecule has 17 heavy (non-hydrogen) atoms. The topological polar surface area (TPSA) is 39.1 Å². The lowest BCUT2D eigenvalue weighted by Crippen LogP contribution is -2.32. The number of benzene rings is 1. The number of nitrogens with zero attached hydrogens (tertiary/aromatic N) is 2. The minimum absolute atomic E-state index is 0.251. The Bertz CT molecular complexity index is 361. The quantitative estimate of drug-likeness (QED) is 0.861. The lowest BCUT2D eigenvalue weighted by atomic mass is 10.0. The van der Waals surface area contributed by atoms with Gasteiger partial charge in [-0.05, 0) is 18.5 Å². The molecule has 1 aromatic carbocycles. The maximum atomic E-state index is 9.01. The molecular weight excluding hydrogens is 210 g/mol. The van der Waals surface area contributed by atoms with E-state index in [1.807, 2.05) is 6.07 Å². The van der Waals surface area contributed by atoms with Gasteiger partial charge in [0.15, 0.2) is 0 Å². The monoisotopic (exact) mass is 229 g/mol. The minimum Gasteiger partial charge on any atom is -0.315 e. The molecule has 90 valence electrons. The second kappa shape index (κ2) is 6.39. The molecule has 0 amide bonds. The molecule has 0 spiro atoms. The first kappa shape index (κ1) is 12.1. The molecule has 1 aromatic rings. The van der Waals surface area contributed by atoms with Crippen molar-refractivity contribution in [1.82, 2.24) is 10.2 Å². The third-order valence-corrected chi connectivity index (χ3v) is 3.28. The molecule has 2 rings (SSSR count). The van der Waals surface area contributed by atoms with E-state index in [0.717, 1.165) is 32.6 Å². The largest absolute Gasteiger partial charge is 0.315 e. The van der Waals surface area contributed by atoms with Crippen LogP contribution < -0.4 is 5.32 Å². The lowest BCUT2D eigenvalue weighted by molar-refractivity contribution is 0.213. The van der Waals surface area contributed by atoms with Crippen LogP contribution in [0.3, 0.4) is 0 Å². The number of hydrogen-bond acceptors (Lipinski definition) is 3. The van der Waals surface area contributed by atoms with E-state index in [0.29, 0.717) is 6.42 Å². The Labute approximate surface area is 103 Å². The molecule has 0 aromatic heterocycles. The number of nitriles is 1. The van der Waals surface area contributed by atoms with Crippen molar-refractivity contribution >= 4 is 0 Å². The summed E-state index contributed by atoms with van der Waals surface area (Å²) in [6.45, 7) is 4.22. The Morgan fingerprint density at radius 3 is 2.82 bits per heavy atom. The average molecular weight is 229 g/mol. The Hall–Kier alpha value is -1.37. The Balaban J connectivity index is 2.13. The van der Waals surface area contributed by atoms with Gasteiger partial charge in [0.25, 0.3) is 0 Å². The highest BCUT2D eigenvalue weighted by molar-refractivity contribution is 5.20. The SMILES string of the molecule is N#CCC(c1ccccc1)N1CCCNCC1. The van der Waals surface area contributed by atoms with Gasteiger partial charge in [0, 0.05) is 25.7 Å². The van der Waals surface area contributed by atoms with Gasteiger partial charge in [-0.3, -0.25) is 4.90 Å².